The minimum absolute atomic E-state index is 0.122. The lowest BCUT2D eigenvalue weighted by atomic mass is 10.2. The van der Waals surface area contributed by atoms with Gasteiger partial charge in [-0.1, -0.05) is 0 Å². The molecule has 0 fully saturated rings. The highest BCUT2D eigenvalue weighted by atomic mass is 19.1. The van der Waals surface area contributed by atoms with Crippen molar-refractivity contribution < 1.29 is 14.3 Å². The quantitative estimate of drug-likeness (QED) is 0.773. The van der Waals surface area contributed by atoms with E-state index in [1.165, 1.54) is 17.2 Å². The molecule has 0 atom stereocenters. The summed E-state index contributed by atoms with van der Waals surface area (Å²) in [4.78, 5) is 16.7. The number of carbonyl (C=O) groups is 1. The van der Waals surface area contributed by atoms with Crippen molar-refractivity contribution in [3.05, 3.63) is 23.6 Å². The Morgan fingerprint density at radius 1 is 1.69 bits per heavy atom. The summed E-state index contributed by atoms with van der Waals surface area (Å²) in [5.74, 6) is -1.61. The van der Waals surface area contributed by atoms with E-state index in [2.05, 4.69) is 4.98 Å². The molecule has 0 unspecified atom stereocenters. The Labute approximate surface area is 92.7 Å². The van der Waals surface area contributed by atoms with E-state index >= 15 is 0 Å². The van der Waals surface area contributed by atoms with Crippen LogP contribution in [0.3, 0.4) is 0 Å². The molecule has 1 amide bonds. The summed E-state index contributed by atoms with van der Waals surface area (Å²) >= 11 is 0. The second-order valence-corrected chi connectivity index (χ2v) is 3.17. The highest BCUT2D eigenvalue weighted by Gasteiger charge is 2.19. The van der Waals surface area contributed by atoms with Gasteiger partial charge in [0.2, 0.25) is 0 Å². The summed E-state index contributed by atoms with van der Waals surface area (Å²) < 4.78 is 13.5. The molecule has 0 aliphatic rings. The molecule has 16 heavy (non-hydrogen) atoms. The molecule has 88 valence electrons. The van der Waals surface area contributed by atoms with Crippen LogP contribution in [0.4, 0.5) is 10.2 Å². The number of halogens is 1. The van der Waals surface area contributed by atoms with Gasteiger partial charge in [-0.05, 0) is 13.0 Å². The number of nitrogen functional groups attached to an aromatic ring is 1. The van der Waals surface area contributed by atoms with E-state index in [0.29, 0.717) is 6.54 Å². The third kappa shape index (κ3) is 2.46. The Balaban J connectivity index is 2.99. The maximum atomic E-state index is 13.5. The van der Waals surface area contributed by atoms with E-state index in [-0.39, 0.29) is 24.5 Å². The average molecular weight is 227 g/mol. The predicted molar refractivity (Wildman–Crippen MR) is 57.3 cm³/mol. The summed E-state index contributed by atoms with van der Waals surface area (Å²) in [5.41, 5.74) is 5.15. The Morgan fingerprint density at radius 3 is 2.94 bits per heavy atom. The van der Waals surface area contributed by atoms with E-state index in [1.807, 2.05) is 0 Å². The molecule has 0 aromatic carbocycles. The number of carbonyl (C=O) groups excluding carboxylic acids is 1. The van der Waals surface area contributed by atoms with E-state index in [1.54, 1.807) is 6.92 Å². The number of aliphatic hydroxyl groups is 1. The van der Waals surface area contributed by atoms with Gasteiger partial charge in [-0.3, -0.25) is 4.79 Å². The zero-order valence-corrected chi connectivity index (χ0v) is 8.98. The molecule has 1 heterocycles. The number of nitrogens with two attached hydrogens (primary N) is 1. The Kier molecular flexibility index (Phi) is 4.19. The molecule has 0 spiro atoms. The standard InChI is InChI=1S/C10H14FN3O2/c1-2-14(5-6-15)10(16)7-3-4-13-9(12)8(7)11/h3-4,15H,2,5-6H2,1H3,(H2,12,13). The van der Waals surface area contributed by atoms with Gasteiger partial charge in [-0.25, -0.2) is 9.37 Å². The molecule has 0 saturated carbocycles. The molecule has 6 heteroatoms. The number of hydrogen-bond acceptors (Lipinski definition) is 4. The van der Waals surface area contributed by atoms with Crippen molar-refractivity contribution >= 4 is 11.7 Å². The number of aliphatic hydroxyl groups excluding tert-OH is 1. The first-order valence-corrected chi connectivity index (χ1v) is 4.91. The first kappa shape index (κ1) is 12.4. The number of anilines is 1. The second kappa shape index (κ2) is 5.41. The monoisotopic (exact) mass is 227 g/mol. The number of likely N-dealkylation sites (N-methyl/N-ethyl adjacent to an activating group) is 1. The first-order chi connectivity index (χ1) is 7.61. The van der Waals surface area contributed by atoms with Crippen LogP contribution in [0, 0.1) is 5.82 Å². The molecule has 3 N–H and O–H groups in total. The van der Waals surface area contributed by atoms with Gasteiger partial charge in [-0.15, -0.1) is 0 Å². The van der Waals surface area contributed by atoms with Crippen LogP contribution in [0.15, 0.2) is 12.3 Å². The summed E-state index contributed by atoms with van der Waals surface area (Å²) in [6.45, 7) is 2.13. The fourth-order valence-electron chi connectivity index (χ4n) is 1.32. The van der Waals surface area contributed by atoms with Gasteiger partial charge >= 0.3 is 0 Å². The van der Waals surface area contributed by atoms with Crippen molar-refractivity contribution in [3.8, 4) is 0 Å². The van der Waals surface area contributed by atoms with Crippen molar-refractivity contribution in [1.29, 1.82) is 0 Å². The number of amides is 1. The zero-order chi connectivity index (χ0) is 12.1. The topological polar surface area (TPSA) is 79.5 Å². The zero-order valence-electron chi connectivity index (χ0n) is 8.98. The molecule has 0 bridgehead atoms. The molecule has 1 aromatic heterocycles. The molecule has 0 aliphatic heterocycles. The lowest BCUT2D eigenvalue weighted by Crippen LogP contribution is -2.34. The molecule has 0 radical (unpaired) electrons. The lowest BCUT2D eigenvalue weighted by molar-refractivity contribution is 0.0727. The van der Waals surface area contributed by atoms with Gasteiger partial charge < -0.3 is 15.7 Å². The third-order valence-corrected chi connectivity index (χ3v) is 2.19. The number of nitrogens with zero attached hydrogens (tertiary/aromatic N) is 2. The molecule has 0 saturated heterocycles. The fourth-order valence-corrected chi connectivity index (χ4v) is 1.32. The van der Waals surface area contributed by atoms with Gasteiger partial charge in [0.1, 0.15) is 0 Å². The number of rotatable bonds is 4. The van der Waals surface area contributed by atoms with Gasteiger partial charge in [0.15, 0.2) is 11.6 Å². The van der Waals surface area contributed by atoms with E-state index < -0.39 is 11.7 Å². The van der Waals surface area contributed by atoms with Crippen LogP contribution < -0.4 is 5.73 Å². The molecular formula is C10H14FN3O2. The van der Waals surface area contributed by atoms with Crippen LogP contribution in [0.25, 0.3) is 0 Å². The SMILES string of the molecule is CCN(CCO)C(=O)c1ccnc(N)c1F. The normalized spacial score (nSPS) is 10.2. The van der Waals surface area contributed by atoms with Crippen LogP contribution in [0.5, 0.6) is 0 Å². The van der Waals surface area contributed by atoms with Crippen molar-refractivity contribution in [2.24, 2.45) is 0 Å². The summed E-state index contributed by atoms with van der Waals surface area (Å²) in [6.07, 6.45) is 1.28. The van der Waals surface area contributed by atoms with Gasteiger partial charge in [0.05, 0.1) is 12.2 Å². The van der Waals surface area contributed by atoms with Crippen molar-refractivity contribution in [2.45, 2.75) is 6.92 Å². The predicted octanol–water partition coefficient (Wildman–Crippen LogP) is 0.257. The highest BCUT2D eigenvalue weighted by molar-refractivity contribution is 5.95. The minimum atomic E-state index is -0.816. The molecule has 1 rings (SSSR count). The maximum Gasteiger partial charge on any atom is 0.257 e. The lowest BCUT2D eigenvalue weighted by Gasteiger charge is -2.19. The van der Waals surface area contributed by atoms with Crippen LogP contribution in [-0.2, 0) is 0 Å². The average Bonchev–Trinajstić information content (AvgIpc) is 2.29. The van der Waals surface area contributed by atoms with Gasteiger partial charge in [0, 0.05) is 19.3 Å². The Bertz CT molecular complexity index is 384. The first-order valence-electron chi connectivity index (χ1n) is 4.91. The fraction of sp³-hybridized carbons (Fsp3) is 0.400. The van der Waals surface area contributed by atoms with E-state index in [4.69, 9.17) is 10.8 Å². The number of hydrogen-bond donors (Lipinski definition) is 2. The van der Waals surface area contributed by atoms with Crippen LogP contribution in [-0.4, -0.2) is 40.6 Å². The second-order valence-electron chi connectivity index (χ2n) is 3.17. The molecule has 1 aromatic rings. The van der Waals surface area contributed by atoms with Crippen molar-refractivity contribution in [1.82, 2.24) is 9.88 Å². The van der Waals surface area contributed by atoms with Crippen molar-refractivity contribution in [3.63, 3.8) is 0 Å². The highest BCUT2D eigenvalue weighted by Crippen LogP contribution is 2.13. The van der Waals surface area contributed by atoms with Crippen LogP contribution in [0.2, 0.25) is 0 Å². The number of pyridine rings is 1. The minimum Gasteiger partial charge on any atom is -0.395 e. The number of aromatic nitrogens is 1. The third-order valence-electron chi connectivity index (χ3n) is 2.19. The molecule has 5 nitrogen and oxygen atoms in total. The molecular weight excluding hydrogens is 213 g/mol. The Hall–Kier alpha value is -1.69. The summed E-state index contributed by atoms with van der Waals surface area (Å²) in [6, 6.07) is 1.27. The summed E-state index contributed by atoms with van der Waals surface area (Å²) in [5, 5.41) is 8.76. The van der Waals surface area contributed by atoms with E-state index in [9.17, 15) is 9.18 Å². The van der Waals surface area contributed by atoms with Crippen molar-refractivity contribution in [2.75, 3.05) is 25.4 Å². The maximum absolute atomic E-state index is 13.5. The van der Waals surface area contributed by atoms with Gasteiger partial charge in [0.25, 0.3) is 5.91 Å². The van der Waals surface area contributed by atoms with Crippen LogP contribution in [0.1, 0.15) is 17.3 Å². The smallest absolute Gasteiger partial charge is 0.257 e. The van der Waals surface area contributed by atoms with E-state index in [0.717, 1.165) is 0 Å². The van der Waals surface area contributed by atoms with Crippen LogP contribution >= 0.6 is 0 Å². The Morgan fingerprint density at radius 2 is 2.38 bits per heavy atom. The van der Waals surface area contributed by atoms with Gasteiger partial charge in [-0.2, -0.15) is 0 Å². The molecule has 0 aliphatic carbocycles. The largest absolute Gasteiger partial charge is 0.395 e. The summed E-state index contributed by atoms with van der Waals surface area (Å²) in [7, 11) is 0.